The Bertz CT molecular complexity index is 920. The monoisotopic (exact) mass is 404 g/mol. The van der Waals surface area contributed by atoms with Crippen molar-refractivity contribution < 1.29 is 22.8 Å². The highest BCUT2D eigenvalue weighted by atomic mass is 19.4. The molecule has 0 spiro atoms. The van der Waals surface area contributed by atoms with Gasteiger partial charge in [0.05, 0.1) is 16.8 Å². The highest BCUT2D eigenvalue weighted by Crippen LogP contribution is 2.40. The topological polar surface area (TPSA) is 65.5 Å². The number of amides is 2. The van der Waals surface area contributed by atoms with Crippen molar-refractivity contribution in [1.82, 2.24) is 9.88 Å². The van der Waals surface area contributed by atoms with E-state index in [1.54, 1.807) is 21.9 Å². The van der Waals surface area contributed by atoms with E-state index in [-0.39, 0.29) is 29.1 Å². The normalized spacial score (nSPS) is 21.2. The number of likely N-dealkylation sites (tertiary alicyclic amines) is 1. The van der Waals surface area contributed by atoms with Crippen molar-refractivity contribution in [1.29, 1.82) is 0 Å². The molecule has 3 heterocycles. The molecule has 2 aliphatic heterocycles. The number of rotatable bonds is 3. The lowest BCUT2D eigenvalue weighted by atomic mass is 10.0. The number of halogens is 3. The Kier molecular flexibility index (Phi) is 4.89. The van der Waals surface area contributed by atoms with Crippen molar-refractivity contribution >= 4 is 23.7 Å². The maximum Gasteiger partial charge on any atom is 0.418 e. The van der Waals surface area contributed by atoms with E-state index in [1.165, 1.54) is 24.5 Å². The van der Waals surface area contributed by atoms with Gasteiger partial charge in [0.25, 0.3) is 0 Å². The number of para-hydroxylation sites is 1. The van der Waals surface area contributed by atoms with Crippen LogP contribution in [0.4, 0.5) is 29.3 Å². The Labute approximate surface area is 165 Å². The van der Waals surface area contributed by atoms with Crippen molar-refractivity contribution in [2.24, 2.45) is 11.8 Å². The highest BCUT2D eigenvalue weighted by Gasteiger charge is 2.44. The van der Waals surface area contributed by atoms with Crippen LogP contribution in [0.15, 0.2) is 42.7 Å². The number of hydrogen-bond acceptors (Lipinski definition) is 4. The van der Waals surface area contributed by atoms with Crippen LogP contribution in [0.3, 0.4) is 0 Å². The van der Waals surface area contributed by atoms with Gasteiger partial charge in [-0.25, -0.2) is 4.79 Å². The zero-order valence-electron chi connectivity index (χ0n) is 15.4. The standard InChI is InChI=1S/C20H19F3N4O2/c21-20(22,23)16-3-1-2-4-18(16)26-8-14-10-27(11-15(14)9-26)19(29)25-17-5-6-24-7-13(17)12-28/h1-7,12,14-15H,8-11H2,(H,24,25,29)/t14-,15+. The first-order valence-electron chi connectivity index (χ1n) is 9.23. The fourth-order valence-corrected chi connectivity index (χ4v) is 4.15. The third kappa shape index (κ3) is 3.76. The van der Waals surface area contributed by atoms with Gasteiger partial charge in [-0.1, -0.05) is 12.1 Å². The van der Waals surface area contributed by atoms with Crippen LogP contribution >= 0.6 is 0 Å². The smallest absolute Gasteiger partial charge is 0.370 e. The Morgan fingerprint density at radius 3 is 2.45 bits per heavy atom. The number of nitrogens with one attached hydrogen (secondary N) is 1. The van der Waals surface area contributed by atoms with Gasteiger partial charge in [-0.2, -0.15) is 13.2 Å². The molecule has 4 rings (SSSR count). The number of carbonyl (C=O) groups is 2. The van der Waals surface area contributed by atoms with Crippen molar-refractivity contribution in [3.63, 3.8) is 0 Å². The first-order chi connectivity index (χ1) is 13.9. The molecule has 2 atom stereocenters. The molecule has 1 N–H and O–H groups in total. The third-order valence-corrected chi connectivity index (χ3v) is 5.54. The molecule has 2 aromatic rings. The number of nitrogens with zero attached hydrogens (tertiary/aromatic N) is 3. The summed E-state index contributed by atoms with van der Waals surface area (Å²) in [5, 5.41) is 2.72. The van der Waals surface area contributed by atoms with Gasteiger partial charge in [0.15, 0.2) is 6.29 Å². The van der Waals surface area contributed by atoms with E-state index >= 15 is 0 Å². The van der Waals surface area contributed by atoms with Crippen LogP contribution in [0.1, 0.15) is 15.9 Å². The number of aromatic nitrogens is 1. The molecule has 0 saturated carbocycles. The minimum absolute atomic E-state index is 0.102. The van der Waals surface area contributed by atoms with Gasteiger partial charge in [0, 0.05) is 56.1 Å². The molecular weight excluding hydrogens is 385 g/mol. The lowest BCUT2D eigenvalue weighted by Gasteiger charge is -2.26. The summed E-state index contributed by atoms with van der Waals surface area (Å²) in [6, 6.07) is 6.82. The molecule has 0 aliphatic carbocycles. The zero-order chi connectivity index (χ0) is 20.6. The fraction of sp³-hybridized carbons (Fsp3) is 0.350. The van der Waals surface area contributed by atoms with Crippen LogP contribution in [0.5, 0.6) is 0 Å². The van der Waals surface area contributed by atoms with Gasteiger partial charge in [-0.15, -0.1) is 0 Å². The lowest BCUT2D eigenvalue weighted by Crippen LogP contribution is -2.36. The van der Waals surface area contributed by atoms with Crippen molar-refractivity contribution in [2.75, 3.05) is 36.4 Å². The van der Waals surface area contributed by atoms with E-state index in [0.29, 0.717) is 38.2 Å². The number of hydrogen-bond donors (Lipinski definition) is 1. The molecule has 2 fully saturated rings. The number of pyridine rings is 1. The average Bonchev–Trinajstić information content (AvgIpc) is 3.27. The predicted molar refractivity (Wildman–Crippen MR) is 101 cm³/mol. The number of carbonyl (C=O) groups excluding carboxylic acids is 2. The molecule has 1 aromatic carbocycles. The van der Waals surface area contributed by atoms with Crippen molar-refractivity contribution in [3.8, 4) is 0 Å². The second kappa shape index (κ2) is 7.38. The molecule has 1 aromatic heterocycles. The summed E-state index contributed by atoms with van der Waals surface area (Å²) in [5.74, 6) is 0.204. The van der Waals surface area contributed by atoms with E-state index in [2.05, 4.69) is 10.3 Å². The second-order valence-electron chi connectivity index (χ2n) is 7.36. The van der Waals surface area contributed by atoms with Crippen LogP contribution in [0.25, 0.3) is 0 Å². The average molecular weight is 404 g/mol. The predicted octanol–water partition coefficient (Wildman–Crippen LogP) is 3.51. The third-order valence-electron chi connectivity index (χ3n) is 5.54. The van der Waals surface area contributed by atoms with E-state index < -0.39 is 11.7 Å². The van der Waals surface area contributed by atoms with Crippen LogP contribution in [0.2, 0.25) is 0 Å². The van der Waals surface area contributed by atoms with Crippen molar-refractivity contribution in [2.45, 2.75) is 6.18 Å². The molecule has 29 heavy (non-hydrogen) atoms. The van der Waals surface area contributed by atoms with Crippen LogP contribution in [-0.2, 0) is 6.18 Å². The van der Waals surface area contributed by atoms with Gasteiger partial charge >= 0.3 is 12.2 Å². The number of fused-ring (bicyclic) bond motifs is 1. The van der Waals surface area contributed by atoms with Gasteiger partial charge in [0.1, 0.15) is 0 Å². The molecule has 2 amide bonds. The Morgan fingerprint density at radius 1 is 1.10 bits per heavy atom. The number of urea groups is 1. The van der Waals surface area contributed by atoms with E-state index in [0.717, 1.165) is 6.07 Å². The van der Waals surface area contributed by atoms with Gasteiger partial charge in [0.2, 0.25) is 0 Å². The molecule has 6 nitrogen and oxygen atoms in total. The maximum atomic E-state index is 13.3. The summed E-state index contributed by atoms with van der Waals surface area (Å²) >= 11 is 0. The molecule has 152 valence electrons. The van der Waals surface area contributed by atoms with Crippen molar-refractivity contribution in [3.05, 3.63) is 53.9 Å². The number of aldehydes is 1. The maximum absolute atomic E-state index is 13.3. The summed E-state index contributed by atoms with van der Waals surface area (Å²) in [5.41, 5.74) is 0.236. The summed E-state index contributed by atoms with van der Waals surface area (Å²) in [4.78, 5) is 30.9. The second-order valence-corrected chi connectivity index (χ2v) is 7.36. The molecule has 0 radical (unpaired) electrons. The Hall–Kier alpha value is -3.10. The van der Waals surface area contributed by atoms with Gasteiger partial charge in [-0.3, -0.25) is 9.78 Å². The summed E-state index contributed by atoms with van der Waals surface area (Å²) < 4.78 is 39.9. The molecule has 0 bridgehead atoms. The van der Waals surface area contributed by atoms with Crippen LogP contribution in [0, 0.1) is 11.8 Å². The highest BCUT2D eigenvalue weighted by molar-refractivity contribution is 5.95. The van der Waals surface area contributed by atoms with Gasteiger partial charge in [-0.05, 0) is 18.2 Å². The number of anilines is 2. The van der Waals surface area contributed by atoms with E-state index in [1.807, 2.05) is 0 Å². The number of alkyl halides is 3. The SMILES string of the molecule is O=Cc1cnccc1NC(=O)N1C[C@@H]2CN(c3ccccc3C(F)(F)F)C[C@@H]2C1. The Balaban J connectivity index is 1.42. The van der Waals surface area contributed by atoms with E-state index in [4.69, 9.17) is 0 Å². The minimum Gasteiger partial charge on any atom is -0.370 e. The quantitative estimate of drug-likeness (QED) is 0.796. The molecular formula is C20H19F3N4O2. The zero-order valence-corrected chi connectivity index (χ0v) is 15.4. The summed E-state index contributed by atoms with van der Waals surface area (Å²) in [7, 11) is 0. The largest absolute Gasteiger partial charge is 0.418 e. The first-order valence-corrected chi connectivity index (χ1v) is 9.23. The van der Waals surface area contributed by atoms with E-state index in [9.17, 15) is 22.8 Å². The van der Waals surface area contributed by atoms with Gasteiger partial charge < -0.3 is 15.1 Å². The first kappa shape index (κ1) is 19.2. The Morgan fingerprint density at radius 2 is 1.79 bits per heavy atom. The summed E-state index contributed by atoms with van der Waals surface area (Å²) in [6.45, 7) is 1.86. The van der Waals surface area contributed by atoms with Crippen LogP contribution < -0.4 is 10.2 Å². The minimum atomic E-state index is -4.40. The lowest BCUT2D eigenvalue weighted by molar-refractivity contribution is -0.137. The molecule has 9 heteroatoms. The molecule has 2 saturated heterocycles. The summed E-state index contributed by atoms with van der Waals surface area (Å²) in [6.07, 6.45) is -0.924. The molecule has 2 aliphatic rings. The fourth-order valence-electron chi connectivity index (χ4n) is 4.15. The van der Waals surface area contributed by atoms with Crippen LogP contribution in [-0.4, -0.2) is 48.4 Å². The molecule has 0 unspecified atom stereocenters. The number of benzene rings is 1.